The zero-order valence-electron chi connectivity index (χ0n) is 13.3. The van der Waals surface area contributed by atoms with Crippen LogP contribution in [0.3, 0.4) is 0 Å². The molecular weight excluding hydrogens is 242 g/mol. The summed E-state index contributed by atoms with van der Waals surface area (Å²) in [4.78, 5) is 0. The van der Waals surface area contributed by atoms with E-state index in [4.69, 9.17) is 15.6 Å². The van der Waals surface area contributed by atoms with E-state index in [0.717, 1.165) is 25.7 Å². The minimum Gasteiger partial charge on any atom is -0.394 e. The van der Waals surface area contributed by atoms with Crippen molar-refractivity contribution in [1.82, 2.24) is 0 Å². The highest BCUT2D eigenvalue weighted by Gasteiger charge is 2.38. The standard InChI is InChI=1S/C15H33NO3/c1-6-12(16)8-7-9-15(5,14(2,3)4)19-11-13(18)10-17/h12-13,17-18H,6-11,16H2,1-5H3. The van der Waals surface area contributed by atoms with Gasteiger partial charge in [0.15, 0.2) is 0 Å². The van der Waals surface area contributed by atoms with Crippen molar-refractivity contribution in [3.8, 4) is 0 Å². The van der Waals surface area contributed by atoms with Crippen LogP contribution in [0.2, 0.25) is 0 Å². The molecular formula is C15H33NO3. The molecule has 4 heteroatoms. The Kier molecular flexibility index (Phi) is 8.13. The van der Waals surface area contributed by atoms with Crippen LogP contribution in [0, 0.1) is 5.41 Å². The van der Waals surface area contributed by atoms with Gasteiger partial charge in [0, 0.05) is 6.04 Å². The van der Waals surface area contributed by atoms with Gasteiger partial charge in [-0.15, -0.1) is 0 Å². The average molecular weight is 275 g/mol. The number of nitrogens with two attached hydrogens (primary N) is 1. The maximum absolute atomic E-state index is 9.44. The fraction of sp³-hybridized carbons (Fsp3) is 1.00. The van der Waals surface area contributed by atoms with Gasteiger partial charge in [-0.3, -0.25) is 0 Å². The van der Waals surface area contributed by atoms with Crippen LogP contribution < -0.4 is 5.73 Å². The molecule has 0 rings (SSSR count). The Balaban J connectivity index is 4.44. The molecule has 0 heterocycles. The number of rotatable bonds is 9. The van der Waals surface area contributed by atoms with Gasteiger partial charge in [0.2, 0.25) is 0 Å². The van der Waals surface area contributed by atoms with E-state index in [1.165, 1.54) is 0 Å². The molecule has 0 fully saturated rings. The first-order chi connectivity index (χ1) is 8.66. The lowest BCUT2D eigenvalue weighted by Gasteiger charge is -2.42. The Morgan fingerprint density at radius 2 is 1.79 bits per heavy atom. The molecule has 19 heavy (non-hydrogen) atoms. The predicted octanol–water partition coefficient (Wildman–Crippen LogP) is 2.07. The summed E-state index contributed by atoms with van der Waals surface area (Å²) in [6.07, 6.45) is 3.10. The highest BCUT2D eigenvalue weighted by atomic mass is 16.5. The van der Waals surface area contributed by atoms with Crippen molar-refractivity contribution < 1.29 is 14.9 Å². The first-order valence-corrected chi connectivity index (χ1v) is 7.34. The van der Waals surface area contributed by atoms with Gasteiger partial charge in [0.25, 0.3) is 0 Å². The summed E-state index contributed by atoms with van der Waals surface area (Å²) in [6.45, 7) is 10.5. The number of aliphatic hydroxyl groups excluding tert-OH is 2. The van der Waals surface area contributed by atoms with Crippen molar-refractivity contribution in [2.75, 3.05) is 13.2 Å². The fourth-order valence-corrected chi connectivity index (χ4v) is 1.90. The van der Waals surface area contributed by atoms with Crippen molar-refractivity contribution in [1.29, 1.82) is 0 Å². The van der Waals surface area contributed by atoms with Crippen LogP contribution in [-0.4, -0.2) is 41.2 Å². The SMILES string of the molecule is CCC(N)CCCC(C)(OCC(O)CO)C(C)(C)C. The average Bonchev–Trinajstić information content (AvgIpc) is 2.34. The molecule has 0 radical (unpaired) electrons. The van der Waals surface area contributed by atoms with Crippen molar-refractivity contribution in [3.63, 3.8) is 0 Å². The smallest absolute Gasteiger partial charge is 0.100 e. The third-order valence-corrected chi connectivity index (χ3v) is 4.14. The highest BCUT2D eigenvalue weighted by molar-refractivity contribution is 4.89. The summed E-state index contributed by atoms with van der Waals surface area (Å²) in [5, 5.41) is 18.3. The first kappa shape index (κ1) is 18.8. The van der Waals surface area contributed by atoms with E-state index in [0.29, 0.717) is 0 Å². The summed E-state index contributed by atoms with van der Waals surface area (Å²) in [5.74, 6) is 0. The van der Waals surface area contributed by atoms with Crippen LogP contribution in [0.5, 0.6) is 0 Å². The van der Waals surface area contributed by atoms with E-state index >= 15 is 0 Å². The normalized spacial score (nSPS) is 18.9. The summed E-state index contributed by atoms with van der Waals surface area (Å²) in [5.41, 5.74) is 5.59. The minimum absolute atomic E-state index is 0.0293. The van der Waals surface area contributed by atoms with Crippen LogP contribution in [0.15, 0.2) is 0 Å². The van der Waals surface area contributed by atoms with E-state index in [1.807, 2.05) is 0 Å². The van der Waals surface area contributed by atoms with Gasteiger partial charge in [0.05, 0.1) is 18.8 Å². The maximum atomic E-state index is 9.44. The molecule has 0 amide bonds. The Morgan fingerprint density at radius 3 is 2.21 bits per heavy atom. The molecule has 4 N–H and O–H groups in total. The van der Waals surface area contributed by atoms with Crippen LogP contribution in [0.4, 0.5) is 0 Å². The highest BCUT2D eigenvalue weighted by Crippen LogP contribution is 2.37. The largest absolute Gasteiger partial charge is 0.394 e. The van der Waals surface area contributed by atoms with Gasteiger partial charge in [-0.1, -0.05) is 27.7 Å². The number of aliphatic hydroxyl groups is 2. The van der Waals surface area contributed by atoms with Crippen molar-refractivity contribution >= 4 is 0 Å². The van der Waals surface area contributed by atoms with Gasteiger partial charge >= 0.3 is 0 Å². The lowest BCUT2D eigenvalue weighted by atomic mass is 9.74. The molecule has 0 spiro atoms. The van der Waals surface area contributed by atoms with E-state index in [9.17, 15) is 5.11 Å². The third-order valence-electron chi connectivity index (χ3n) is 4.14. The van der Waals surface area contributed by atoms with Gasteiger partial charge in [-0.05, 0) is 38.0 Å². The molecule has 0 aliphatic rings. The van der Waals surface area contributed by atoms with Crippen LogP contribution in [-0.2, 0) is 4.74 Å². The zero-order valence-corrected chi connectivity index (χ0v) is 13.3. The molecule has 0 aromatic heterocycles. The second-order valence-corrected chi connectivity index (χ2v) is 6.69. The molecule has 0 bridgehead atoms. The van der Waals surface area contributed by atoms with Gasteiger partial charge < -0.3 is 20.7 Å². The summed E-state index contributed by atoms with van der Waals surface area (Å²) < 4.78 is 5.91. The van der Waals surface area contributed by atoms with Crippen LogP contribution >= 0.6 is 0 Å². The molecule has 0 aliphatic heterocycles. The Bertz CT molecular complexity index is 240. The summed E-state index contributed by atoms with van der Waals surface area (Å²) in [6, 6.07) is 0.257. The van der Waals surface area contributed by atoms with Gasteiger partial charge in [-0.25, -0.2) is 0 Å². The van der Waals surface area contributed by atoms with Crippen molar-refractivity contribution in [2.24, 2.45) is 11.1 Å². The number of ether oxygens (including phenoxy) is 1. The topological polar surface area (TPSA) is 75.7 Å². The molecule has 3 atom stereocenters. The van der Waals surface area contributed by atoms with E-state index in [2.05, 4.69) is 34.6 Å². The van der Waals surface area contributed by atoms with Gasteiger partial charge in [0.1, 0.15) is 6.10 Å². The fourth-order valence-electron chi connectivity index (χ4n) is 1.90. The second kappa shape index (κ2) is 8.20. The third kappa shape index (κ3) is 6.70. The molecule has 116 valence electrons. The molecule has 0 saturated heterocycles. The molecule has 4 nitrogen and oxygen atoms in total. The number of hydrogen-bond acceptors (Lipinski definition) is 4. The van der Waals surface area contributed by atoms with Crippen molar-refractivity contribution in [3.05, 3.63) is 0 Å². The van der Waals surface area contributed by atoms with E-state index < -0.39 is 6.10 Å². The Morgan fingerprint density at radius 1 is 1.21 bits per heavy atom. The Hall–Kier alpha value is -0.160. The summed E-state index contributed by atoms with van der Waals surface area (Å²) >= 11 is 0. The number of hydrogen-bond donors (Lipinski definition) is 3. The van der Waals surface area contributed by atoms with Crippen molar-refractivity contribution in [2.45, 2.75) is 78.0 Å². The van der Waals surface area contributed by atoms with E-state index in [-0.39, 0.29) is 30.3 Å². The zero-order chi connectivity index (χ0) is 15.1. The monoisotopic (exact) mass is 275 g/mol. The molecule has 0 aromatic carbocycles. The Labute approximate surface area is 118 Å². The quantitative estimate of drug-likeness (QED) is 0.602. The van der Waals surface area contributed by atoms with Gasteiger partial charge in [-0.2, -0.15) is 0 Å². The van der Waals surface area contributed by atoms with Crippen LogP contribution in [0.25, 0.3) is 0 Å². The lowest BCUT2D eigenvalue weighted by molar-refractivity contribution is -0.136. The second-order valence-electron chi connectivity index (χ2n) is 6.69. The molecule has 3 unspecified atom stereocenters. The maximum Gasteiger partial charge on any atom is 0.100 e. The van der Waals surface area contributed by atoms with E-state index in [1.54, 1.807) is 0 Å². The first-order valence-electron chi connectivity index (χ1n) is 7.34. The molecule has 0 saturated carbocycles. The van der Waals surface area contributed by atoms with Crippen LogP contribution in [0.1, 0.15) is 60.3 Å². The summed E-state index contributed by atoms with van der Waals surface area (Å²) in [7, 11) is 0. The minimum atomic E-state index is -0.806. The predicted molar refractivity (Wildman–Crippen MR) is 79.0 cm³/mol. The lowest BCUT2D eigenvalue weighted by Crippen LogP contribution is -2.44. The molecule has 0 aromatic rings. The molecule has 0 aliphatic carbocycles.